The predicted octanol–water partition coefficient (Wildman–Crippen LogP) is -0.924. The van der Waals surface area contributed by atoms with Crippen LogP contribution in [-0.4, -0.2) is 16.9 Å². The van der Waals surface area contributed by atoms with E-state index in [0.717, 1.165) is 5.17 Å². The molecule has 0 aliphatic rings. The van der Waals surface area contributed by atoms with Crippen molar-refractivity contribution in [2.75, 3.05) is 6.54 Å². The Bertz CT molecular complexity index is 28.0. The highest BCUT2D eigenvalue weighted by atomic mass is 16.5. The lowest BCUT2D eigenvalue weighted by molar-refractivity contribution is -0.133. The molecular formula is C2H9N3O. The van der Waals surface area contributed by atoms with Crippen LogP contribution in [0.1, 0.15) is 6.92 Å². The summed E-state index contributed by atoms with van der Waals surface area (Å²) in [7, 11) is 0. The molecule has 0 amide bonds. The molecule has 0 atom stereocenters. The number of hydroxylamine groups is 1. The first kappa shape index (κ1) is 5.84. The second kappa shape index (κ2) is 3.05. The largest absolute Gasteiger partial charge is 0.298 e. The Labute approximate surface area is 36.4 Å². The van der Waals surface area contributed by atoms with Crippen LogP contribution in [0, 0.1) is 0 Å². The number of nitrogens with zero attached hydrogens (tertiary/aromatic N) is 1. The van der Waals surface area contributed by atoms with Gasteiger partial charge in [0, 0.05) is 6.54 Å². The van der Waals surface area contributed by atoms with Crippen molar-refractivity contribution in [1.82, 2.24) is 10.7 Å². The molecule has 0 aromatic carbocycles. The van der Waals surface area contributed by atoms with E-state index in [-0.39, 0.29) is 0 Å². The molecule has 0 bridgehead atoms. The number of hydrogen-bond acceptors (Lipinski definition) is 4. The summed E-state index contributed by atoms with van der Waals surface area (Å²) in [6, 6.07) is 0. The van der Waals surface area contributed by atoms with Crippen molar-refractivity contribution >= 4 is 0 Å². The van der Waals surface area contributed by atoms with Gasteiger partial charge in [-0.25, -0.2) is 0 Å². The third-order valence-corrected chi connectivity index (χ3v) is 0.449. The van der Waals surface area contributed by atoms with E-state index in [1.54, 1.807) is 6.92 Å². The van der Waals surface area contributed by atoms with Crippen LogP contribution in [0.3, 0.4) is 0 Å². The number of rotatable bonds is 2. The number of hydrazine groups is 2. The smallest absolute Gasteiger partial charge is 0.0384 e. The molecule has 0 spiro atoms. The Kier molecular flexibility index (Phi) is 2.97. The number of nitrogens with one attached hydrogen (secondary N) is 1. The van der Waals surface area contributed by atoms with Crippen molar-refractivity contribution in [3.8, 4) is 0 Å². The summed E-state index contributed by atoms with van der Waals surface area (Å²) >= 11 is 0. The summed E-state index contributed by atoms with van der Waals surface area (Å²) in [4.78, 5) is 0. The van der Waals surface area contributed by atoms with Crippen molar-refractivity contribution in [2.24, 2.45) is 5.84 Å². The minimum atomic E-state index is 0.483. The lowest BCUT2D eigenvalue weighted by atomic mass is 10.8. The zero-order valence-electron chi connectivity index (χ0n) is 3.68. The fourth-order valence-electron chi connectivity index (χ4n) is 0.0913. The van der Waals surface area contributed by atoms with Gasteiger partial charge in [-0.15, -0.1) is 5.17 Å². The van der Waals surface area contributed by atoms with Gasteiger partial charge in [0.25, 0.3) is 0 Å². The molecule has 0 radical (unpaired) electrons. The second-order valence-corrected chi connectivity index (χ2v) is 0.845. The topological polar surface area (TPSA) is 61.5 Å². The molecule has 4 heteroatoms. The summed E-state index contributed by atoms with van der Waals surface area (Å²) < 4.78 is 0. The van der Waals surface area contributed by atoms with Crippen LogP contribution < -0.4 is 11.4 Å². The highest BCUT2D eigenvalue weighted by Crippen LogP contribution is 1.61. The Morgan fingerprint density at radius 1 is 2.00 bits per heavy atom. The molecule has 38 valence electrons. The van der Waals surface area contributed by atoms with Gasteiger partial charge < -0.3 is 0 Å². The molecule has 0 saturated carbocycles. The summed E-state index contributed by atoms with van der Waals surface area (Å²) in [6.07, 6.45) is 0. The van der Waals surface area contributed by atoms with Crippen molar-refractivity contribution in [3.63, 3.8) is 0 Å². The molecule has 0 aromatic rings. The van der Waals surface area contributed by atoms with Gasteiger partial charge >= 0.3 is 0 Å². The van der Waals surface area contributed by atoms with Crippen LogP contribution in [0.5, 0.6) is 0 Å². The van der Waals surface area contributed by atoms with Crippen LogP contribution in [0.2, 0.25) is 0 Å². The summed E-state index contributed by atoms with van der Waals surface area (Å²) in [6.45, 7) is 2.25. The predicted molar refractivity (Wildman–Crippen MR) is 21.5 cm³/mol. The normalized spacial score (nSPS) is 10.0. The van der Waals surface area contributed by atoms with Crippen LogP contribution in [0.25, 0.3) is 0 Å². The SMILES string of the molecule is CCN(O)NN. The maximum Gasteiger partial charge on any atom is 0.0384 e. The molecule has 0 heterocycles. The monoisotopic (exact) mass is 91.1 g/mol. The highest BCUT2D eigenvalue weighted by molar-refractivity contribution is 4.14. The van der Waals surface area contributed by atoms with Crippen molar-refractivity contribution in [3.05, 3.63) is 0 Å². The second-order valence-electron chi connectivity index (χ2n) is 0.845. The van der Waals surface area contributed by atoms with E-state index in [1.165, 1.54) is 0 Å². The molecule has 4 N–H and O–H groups in total. The molecule has 0 rings (SSSR count). The molecule has 0 fully saturated rings. The Morgan fingerprint density at radius 3 is 2.50 bits per heavy atom. The molecule has 0 aliphatic carbocycles. The average molecular weight is 91.1 g/mol. The maximum absolute atomic E-state index is 8.26. The van der Waals surface area contributed by atoms with E-state index in [1.807, 2.05) is 5.53 Å². The molecule has 0 aromatic heterocycles. The van der Waals surface area contributed by atoms with E-state index < -0.39 is 0 Å². The minimum Gasteiger partial charge on any atom is -0.298 e. The fourth-order valence-corrected chi connectivity index (χ4v) is 0.0913. The van der Waals surface area contributed by atoms with E-state index in [0.29, 0.717) is 6.54 Å². The molecule has 0 unspecified atom stereocenters. The van der Waals surface area contributed by atoms with E-state index >= 15 is 0 Å². The van der Waals surface area contributed by atoms with Crippen molar-refractivity contribution in [2.45, 2.75) is 6.92 Å². The van der Waals surface area contributed by atoms with Gasteiger partial charge in [-0.1, -0.05) is 0 Å². The minimum absolute atomic E-state index is 0.483. The first-order valence-electron chi connectivity index (χ1n) is 1.74. The van der Waals surface area contributed by atoms with Gasteiger partial charge in [0.1, 0.15) is 0 Å². The summed E-state index contributed by atoms with van der Waals surface area (Å²) in [5.74, 6) is 4.71. The number of hydrogen-bond donors (Lipinski definition) is 3. The van der Waals surface area contributed by atoms with Gasteiger partial charge in [-0.05, 0) is 6.92 Å². The Balaban J connectivity index is 2.75. The number of nitrogens with two attached hydrogens (primary N) is 1. The van der Waals surface area contributed by atoms with Crippen molar-refractivity contribution < 1.29 is 5.21 Å². The third-order valence-electron chi connectivity index (χ3n) is 0.449. The zero-order valence-corrected chi connectivity index (χ0v) is 3.68. The van der Waals surface area contributed by atoms with Gasteiger partial charge in [0.2, 0.25) is 0 Å². The van der Waals surface area contributed by atoms with E-state index in [4.69, 9.17) is 11.0 Å². The van der Waals surface area contributed by atoms with Crippen LogP contribution in [0.4, 0.5) is 0 Å². The average Bonchev–Trinajstić information content (AvgIpc) is 1.65. The van der Waals surface area contributed by atoms with Gasteiger partial charge in [-0.2, -0.15) is 5.53 Å². The molecule has 0 aliphatic heterocycles. The molecular weight excluding hydrogens is 82.0 g/mol. The molecule has 6 heavy (non-hydrogen) atoms. The van der Waals surface area contributed by atoms with Gasteiger partial charge in [0.15, 0.2) is 0 Å². The Hall–Kier alpha value is -0.160. The zero-order chi connectivity index (χ0) is 4.99. The van der Waals surface area contributed by atoms with E-state index in [9.17, 15) is 0 Å². The highest BCUT2D eigenvalue weighted by Gasteiger charge is 1.82. The molecule has 4 nitrogen and oxygen atoms in total. The first-order chi connectivity index (χ1) is 2.81. The summed E-state index contributed by atoms with van der Waals surface area (Å²) in [5.41, 5.74) is 2.00. The van der Waals surface area contributed by atoms with E-state index in [2.05, 4.69) is 0 Å². The molecule has 0 saturated heterocycles. The van der Waals surface area contributed by atoms with Crippen LogP contribution in [0.15, 0.2) is 0 Å². The fraction of sp³-hybridized carbons (Fsp3) is 1.00. The van der Waals surface area contributed by atoms with Crippen molar-refractivity contribution in [1.29, 1.82) is 0 Å². The first-order valence-corrected chi connectivity index (χ1v) is 1.74. The Morgan fingerprint density at radius 2 is 2.50 bits per heavy atom. The van der Waals surface area contributed by atoms with Crippen LogP contribution >= 0.6 is 0 Å². The third kappa shape index (κ3) is 2.10. The lowest BCUT2D eigenvalue weighted by Crippen LogP contribution is -2.39. The summed E-state index contributed by atoms with van der Waals surface area (Å²) in [5, 5.41) is 9.04. The quantitative estimate of drug-likeness (QED) is 0.304. The van der Waals surface area contributed by atoms with Crippen LogP contribution in [-0.2, 0) is 0 Å². The standard InChI is InChI=1S/C2H9N3O/c1-2-5(6)4-3/h4,6H,2-3H2,1H3. The van der Waals surface area contributed by atoms with Gasteiger partial charge in [-0.3, -0.25) is 11.0 Å². The maximum atomic E-state index is 8.26. The van der Waals surface area contributed by atoms with Gasteiger partial charge in [0.05, 0.1) is 0 Å². The lowest BCUT2D eigenvalue weighted by Gasteiger charge is -2.06.